The van der Waals surface area contributed by atoms with Gasteiger partial charge in [0.05, 0.1) is 0 Å². The van der Waals surface area contributed by atoms with Crippen LogP contribution >= 0.6 is 15.9 Å². The molecule has 0 aliphatic heterocycles. The number of carbonyl (C=O) groups excluding carboxylic acids is 1. The van der Waals surface area contributed by atoms with E-state index in [1.807, 2.05) is 24.4 Å². The molecule has 3 heteroatoms. The topological polar surface area (TPSA) is 32.9 Å². The van der Waals surface area contributed by atoms with Crippen LogP contribution in [0.4, 0.5) is 0 Å². The molecule has 1 aliphatic rings. The predicted molar refractivity (Wildman–Crippen MR) is 86.1 cm³/mol. The maximum absolute atomic E-state index is 12.8. The van der Waals surface area contributed by atoms with Gasteiger partial charge < -0.3 is 4.98 Å². The lowest BCUT2D eigenvalue weighted by atomic mass is 9.85. The van der Waals surface area contributed by atoms with Crippen LogP contribution in [0, 0.1) is 5.92 Å². The number of aromatic nitrogens is 1. The Balaban J connectivity index is 1.89. The van der Waals surface area contributed by atoms with Crippen molar-refractivity contribution in [3.63, 3.8) is 0 Å². The highest BCUT2D eigenvalue weighted by Crippen LogP contribution is 2.29. The molecule has 0 atom stereocenters. The van der Waals surface area contributed by atoms with Crippen LogP contribution in [-0.4, -0.2) is 10.8 Å². The first-order chi connectivity index (χ1) is 9.75. The molecule has 2 aromatic rings. The zero-order valence-electron chi connectivity index (χ0n) is 11.6. The number of H-pyrrole nitrogens is 1. The Morgan fingerprint density at radius 2 is 1.80 bits per heavy atom. The SMILES string of the molecule is O=C(c1c[nH]c2ccc(Br)cc12)C1CCCCCCC1. The summed E-state index contributed by atoms with van der Waals surface area (Å²) in [6, 6.07) is 6.07. The van der Waals surface area contributed by atoms with Crippen LogP contribution in [0.1, 0.15) is 55.3 Å². The number of hydrogen-bond acceptors (Lipinski definition) is 1. The second-order valence-electron chi connectivity index (χ2n) is 5.80. The Kier molecular flexibility index (Phi) is 4.25. The van der Waals surface area contributed by atoms with Crippen LogP contribution in [0.15, 0.2) is 28.9 Å². The van der Waals surface area contributed by atoms with Gasteiger partial charge in [-0.05, 0) is 31.0 Å². The molecule has 1 fully saturated rings. The fraction of sp³-hybridized carbons (Fsp3) is 0.471. The number of aromatic amines is 1. The van der Waals surface area contributed by atoms with Crippen molar-refractivity contribution >= 4 is 32.6 Å². The summed E-state index contributed by atoms with van der Waals surface area (Å²) in [4.78, 5) is 16.0. The summed E-state index contributed by atoms with van der Waals surface area (Å²) in [6.45, 7) is 0. The average Bonchev–Trinajstić information content (AvgIpc) is 2.80. The quantitative estimate of drug-likeness (QED) is 0.726. The van der Waals surface area contributed by atoms with Crippen molar-refractivity contribution in [2.45, 2.75) is 44.9 Å². The number of hydrogen-bond donors (Lipinski definition) is 1. The van der Waals surface area contributed by atoms with E-state index in [1.54, 1.807) is 0 Å². The van der Waals surface area contributed by atoms with Gasteiger partial charge in [-0.1, -0.05) is 48.0 Å². The number of halogens is 1. The fourth-order valence-corrected chi connectivity index (χ4v) is 3.60. The molecule has 0 amide bonds. The van der Waals surface area contributed by atoms with Gasteiger partial charge in [-0.3, -0.25) is 4.79 Å². The zero-order chi connectivity index (χ0) is 13.9. The number of fused-ring (bicyclic) bond motifs is 1. The van der Waals surface area contributed by atoms with Crippen LogP contribution in [0.25, 0.3) is 10.9 Å². The second kappa shape index (κ2) is 6.13. The molecule has 1 aromatic heterocycles. The third-order valence-electron chi connectivity index (χ3n) is 4.39. The van der Waals surface area contributed by atoms with Gasteiger partial charge in [-0.2, -0.15) is 0 Å². The Morgan fingerprint density at radius 3 is 2.55 bits per heavy atom. The fourth-order valence-electron chi connectivity index (χ4n) is 3.23. The molecule has 1 aliphatic carbocycles. The Bertz CT molecular complexity index is 608. The van der Waals surface area contributed by atoms with E-state index in [0.717, 1.165) is 33.8 Å². The summed E-state index contributed by atoms with van der Waals surface area (Å²) in [5.41, 5.74) is 1.91. The van der Waals surface area contributed by atoms with Crippen molar-refractivity contribution < 1.29 is 4.79 Å². The predicted octanol–water partition coefficient (Wildman–Crippen LogP) is 5.47. The van der Waals surface area contributed by atoms with Crippen molar-refractivity contribution in [1.82, 2.24) is 4.98 Å². The molecule has 0 saturated heterocycles. The Labute approximate surface area is 128 Å². The van der Waals surface area contributed by atoms with Gasteiger partial charge in [0.25, 0.3) is 0 Å². The van der Waals surface area contributed by atoms with Crippen molar-refractivity contribution in [1.29, 1.82) is 0 Å². The zero-order valence-corrected chi connectivity index (χ0v) is 13.2. The molecule has 0 unspecified atom stereocenters. The number of rotatable bonds is 2. The minimum absolute atomic E-state index is 0.216. The molecule has 106 valence electrons. The van der Waals surface area contributed by atoms with E-state index in [-0.39, 0.29) is 5.92 Å². The lowest BCUT2D eigenvalue weighted by Gasteiger charge is -2.18. The molecule has 20 heavy (non-hydrogen) atoms. The number of carbonyl (C=O) groups is 1. The minimum atomic E-state index is 0.216. The molecule has 1 heterocycles. The monoisotopic (exact) mass is 333 g/mol. The summed E-state index contributed by atoms with van der Waals surface area (Å²) in [5.74, 6) is 0.546. The standard InChI is InChI=1S/C17H20BrNO/c18-13-8-9-16-14(10-13)15(11-19-16)17(20)12-6-4-2-1-3-5-7-12/h8-12,19H,1-7H2. The van der Waals surface area contributed by atoms with Gasteiger partial charge in [0.15, 0.2) is 5.78 Å². The number of benzene rings is 1. The van der Waals surface area contributed by atoms with E-state index >= 15 is 0 Å². The van der Waals surface area contributed by atoms with Crippen molar-refractivity contribution in [3.8, 4) is 0 Å². The molecule has 0 bridgehead atoms. The largest absolute Gasteiger partial charge is 0.360 e. The molecule has 0 radical (unpaired) electrons. The average molecular weight is 334 g/mol. The first kappa shape index (κ1) is 13.9. The van der Waals surface area contributed by atoms with E-state index in [0.29, 0.717) is 5.78 Å². The lowest BCUT2D eigenvalue weighted by Crippen LogP contribution is -2.16. The molecule has 3 rings (SSSR count). The Morgan fingerprint density at radius 1 is 1.10 bits per heavy atom. The van der Waals surface area contributed by atoms with E-state index in [1.165, 1.54) is 32.1 Å². The third kappa shape index (κ3) is 2.83. The van der Waals surface area contributed by atoms with Crippen molar-refractivity contribution in [3.05, 3.63) is 34.4 Å². The van der Waals surface area contributed by atoms with Crippen LogP contribution < -0.4 is 0 Å². The van der Waals surface area contributed by atoms with E-state index in [4.69, 9.17) is 0 Å². The van der Waals surface area contributed by atoms with Gasteiger partial charge in [0, 0.05) is 33.1 Å². The number of Topliss-reactive ketones (excluding diaryl/α,β-unsaturated/α-hetero) is 1. The lowest BCUT2D eigenvalue weighted by molar-refractivity contribution is 0.0900. The van der Waals surface area contributed by atoms with E-state index in [2.05, 4.69) is 20.9 Å². The maximum atomic E-state index is 12.8. The summed E-state index contributed by atoms with van der Waals surface area (Å²) < 4.78 is 1.02. The molecular weight excluding hydrogens is 314 g/mol. The van der Waals surface area contributed by atoms with Crippen LogP contribution in [-0.2, 0) is 0 Å². The second-order valence-corrected chi connectivity index (χ2v) is 6.71. The van der Waals surface area contributed by atoms with Crippen LogP contribution in [0.5, 0.6) is 0 Å². The first-order valence-corrected chi connectivity index (χ1v) is 8.36. The van der Waals surface area contributed by atoms with Crippen LogP contribution in [0.2, 0.25) is 0 Å². The minimum Gasteiger partial charge on any atom is -0.360 e. The smallest absolute Gasteiger partial charge is 0.168 e. The van der Waals surface area contributed by atoms with E-state index in [9.17, 15) is 4.79 Å². The van der Waals surface area contributed by atoms with Gasteiger partial charge >= 0.3 is 0 Å². The van der Waals surface area contributed by atoms with E-state index < -0.39 is 0 Å². The summed E-state index contributed by atoms with van der Waals surface area (Å²) in [7, 11) is 0. The normalized spacial score (nSPS) is 17.9. The third-order valence-corrected chi connectivity index (χ3v) is 4.88. The van der Waals surface area contributed by atoms with Gasteiger partial charge in [0.2, 0.25) is 0 Å². The van der Waals surface area contributed by atoms with Crippen molar-refractivity contribution in [2.24, 2.45) is 5.92 Å². The number of nitrogens with one attached hydrogen (secondary N) is 1. The molecule has 2 nitrogen and oxygen atoms in total. The van der Waals surface area contributed by atoms with Gasteiger partial charge in [-0.25, -0.2) is 0 Å². The Hall–Kier alpha value is -1.09. The molecule has 1 saturated carbocycles. The van der Waals surface area contributed by atoms with Gasteiger partial charge in [0.1, 0.15) is 0 Å². The number of ketones is 1. The van der Waals surface area contributed by atoms with Crippen molar-refractivity contribution in [2.75, 3.05) is 0 Å². The summed E-state index contributed by atoms with van der Waals surface area (Å²) in [5, 5.41) is 1.05. The molecule has 1 aromatic carbocycles. The maximum Gasteiger partial charge on any atom is 0.168 e. The highest BCUT2D eigenvalue weighted by atomic mass is 79.9. The highest BCUT2D eigenvalue weighted by Gasteiger charge is 2.23. The van der Waals surface area contributed by atoms with Gasteiger partial charge in [-0.15, -0.1) is 0 Å². The first-order valence-electron chi connectivity index (χ1n) is 7.56. The summed E-state index contributed by atoms with van der Waals surface area (Å²) in [6.07, 6.45) is 10.3. The van der Waals surface area contributed by atoms with Crippen LogP contribution in [0.3, 0.4) is 0 Å². The molecule has 0 spiro atoms. The summed E-state index contributed by atoms with van der Waals surface area (Å²) >= 11 is 3.49. The highest BCUT2D eigenvalue weighted by molar-refractivity contribution is 9.10. The molecular formula is C17H20BrNO. The molecule has 1 N–H and O–H groups in total.